The van der Waals surface area contributed by atoms with Crippen molar-refractivity contribution in [2.45, 2.75) is 18.9 Å². The zero-order valence-corrected chi connectivity index (χ0v) is 11.5. The van der Waals surface area contributed by atoms with Crippen LogP contribution in [-0.2, 0) is 4.74 Å². The summed E-state index contributed by atoms with van der Waals surface area (Å²) in [6, 6.07) is 0.0364. The second-order valence-corrected chi connectivity index (χ2v) is 4.61. The van der Waals surface area contributed by atoms with Gasteiger partial charge in [0.15, 0.2) is 0 Å². The van der Waals surface area contributed by atoms with Gasteiger partial charge in [0, 0.05) is 20.2 Å². The van der Waals surface area contributed by atoms with Gasteiger partial charge in [-0.15, -0.1) is 0 Å². The van der Waals surface area contributed by atoms with Crippen LogP contribution in [0.25, 0.3) is 0 Å². The molecule has 8 nitrogen and oxygen atoms in total. The van der Waals surface area contributed by atoms with E-state index in [1.165, 1.54) is 4.90 Å². The van der Waals surface area contributed by atoms with Gasteiger partial charge in [-0.25, -0.2) is 0 Å². The average Bonchev–Trinajstić information content (AvgIpc) is 3.12. The monoisotopic (exact) mass is 284 g/mol. The van der Waals surface area contributed by atoms with Crippen LogP contribution in [0.2, 0.25) is 0 Å². The number of carbonyl (C=O) groups excluding carboxylic acids is 1. The first-order chi connectivity index (χ1) is 9.76. The van der Waals surface area contributed by atoms with E-state index < -0.39 is 0 Å². The molecule has 2 N–H and O–H groups in total. The summed E-state index contributed by atoms with van der Waals surface area (Å²) in [7, 11) is 1.56. The topological polar surface area (TPSA) is 101 Å². The molecule has 1 fully saturated rings. The van der Waals surface area contributed by atoms with Crippen LogP contribution in [0.15, 0.2) is 4.52 Å². The maximum Gasteiger partial charge on any atom is 0.295 e. The van der Waals surface area contributed by atoms with Crippen molar-refractivity contribution in [1.29, 1.82) is 0 Å². The van der Waals surface area contributed by atoms with E-state index in [4.69, 9.17) is 14.4 Å². The van der Waals surface area contributed by atoms with E-state index in [0.717, 1.165) is 19.4 Å². The summed E-state index contributed by atoms with van der Waals surface area (Å²) < 4.78 is 10.1. The number of amides is 1. The maximum atomic E-state index is 12.2. The zero-order valence-electron chi connectivity index (χ0n) is 11.5. The van der Waals surface area contributed by atoms with E-state index in [0.29, 0.717) is 19.0 Å². The Morgan fingerprint density at radius 1 is 1.60 bits per heavy atom. The van der Waals surface area contributed by atoms with E-state index in [2.05, 4.69) is 15.5 Å². The van der Waals surface area contributed by atoms with E-state index in [1.807, 2.05) is 0 Å². The van der Waals surface area contributed by atoms with Gasteiger partial charge in [-0.3, -0.25) is 4.79 Å². The number of hydrogen-bond acceptors (Lipinski definition) is 7. The molecular formula is C12H20N4O4. The first-order valence-electron chi connectivity index (χ1n) is 6.72. The van der Waals surface area contributed by atoms with Crippen molar-refractivity contribution in [2.24, 2.45) is 0 Å². The van der Waals surface area contributed by atoms with Crippen LogP contribution in [0.3, 0.4) is 0 Å². The minimum Gasteiger partial charge on any atom is -0.395 e. The average molecular weight is 284 g/mol. The van der Waals surface area contributed by atoms with Crippen LogP contribution in [0.4, 0.5) is 0 Å². The highest BCUT2D eigenvalue weighted by Gasteiger charge is 2.26. The third kappa shape index (κ3) is 3.53. The molecule has 0 bridgehead atoms. The van der Waals surface area contributed by atoms with Crippen LogP contribution < -0.4 is 5.32 Å². The molecule has 1 aromatic heterocycles. The lowest BCUT2D eigenvalue weighted by Gasteiger charge is -2.19. The van der Waals surface area contributed by atoms with Gasteiger partial charge in [-0.2, -0.15) is 4.98 Å². The van der Waals surface area contributed by atoms with E-state index in [1.54, 1.807) is 7.11 Å². The number of hydrogen-bond donors (Lipinski definition) is 2. The van der Waals surface area contributed by atoms with Gasteiger partial charge in [0.05, 0.1) is 19.3 Å². The van der Waals surface area contributed by atoms with Crippen LogP contribution in [0, 0.1) is 0 Å². The maximum absolute atomic E-state index is 12.2. The number of nitrogens with zero attached hydrogens (tertiary/aromatic N) is 3. The number of aliphatic hydroxyl groups is 1. The molecule has 2 heterocycles. The van der Waals surface area contributed by atoms with Crippen LogP contribution in [-0.4, -0.2) is 66.0 Å². The number of rotatable bonds is 7. The molecule has 1 atom stereocenters. The van der Waals surface area contributed by atoms with Crippen molar-refractivity contribution in [1.82, 2.24) is 20.4 Å². The molecule has 8 heteroatoms. The Morgan fingerprint density at radius 2 is 2.45 bits per heavy atom. The summed E-state index contributed by atoms with van der Waals surface area (Å²) in [6.07, 6.45) is 1.99. The molecule has 2 rings (SSSR count). The first-order valence-corrected chi connectivity index (χ1v) is 6.72. The summed E-state index contributed by atoms with van der Waals surface area (Å²) in [6.45, 7) is 1.78. The number of ether oxygens (including phenoxy) is 1. The van der Waals surface area contributed by atoms with Crippen molar-refractivity contribution >= 4 is 5.91 Å². The highest BCUT2D eigenvalue weighted by atomic mass is 16.5. The zero-order chi connectivity index (χ0) is 14.4. The molecule has 0 spiro atoms. The third-order valence-corrected chi connectivity index (χ3v) is 3.21. The van der Waals surface area contributed by atoms with Gasteiger partial charge in [0.1, 0.15) is 0 Å². The lowest BCUT2D eigenvalue weighted by molar-refractivity contribution is 0.0641. The Bertz CT molecular complexity index is 431. The van der Waals surface area contributed by atoms with Gasteiger partial charge < -0.3 is 24.6 Å². The van der Waals surface area contributed by atoms with Crippen molar-refractivity contribution in [3.8, 4) is 0 Å². The summed E-state index contributed by atoms with van der Waals surface area (Å²) in [5.41, 5.74) is 0. The Balaban J connectivity index is 2.02. The molecule has 1 aliphatic heterocycles. The second-order valence-electron chi connectivity index (χ2n) is 4.61. The number of aromatic nitrogens is 2. The normalized spacial score (nSPS) is 18.4. The highest BCUT2D eigenvalue weighted by molar-refractivity contribution is 5.90. The number of nitrogens with one attached hydrogen (secondary N) is 1. The molecule has 1 unspecified atom stereocenters. The summed E-state index contributed by atoms with van der Waals surface area (Å²) >= 11 is 0. The largest absolute Gasteiger partial charge is 0.395 e. The van der Waals surface area contributed by atoms with Crippen LogP contribution >= 0.6 is 0 Å². The number of methoxy groups -OCH3 is 1. The van der Waals surface area contributed by atoms with Gasteiger partial charge in [0.2, 0.25) is 5.89 Å². The fourth-order valence-corrected chi connectivity index (χ4v) is 2.14. The Hall–Kier alpha value is -1.51. The molecule has 0 radical (unpaired) electrons. The SMILES string of the molecule is COCCN(CCO)C(=O)c1noc(C2CCCN2)n1. The standard InChI is InChI=1S/C12H20N4O4/c1-19-8-6-16(5-7-17)12(18)10-14-11(20-15-10)9-3-2-4-13-9/h9,13,17H,2-8H2,1H3. The van der Waals surface area contributed by atoms with Crippen LogP contribution in [0.5, 0.6) is 0 Å². The lowest BCUT2D eigenvalue weighted by Crippen LogP contribution is -2.36. The Morgan fingerprint density at radius 3 is 3.10 bits per heavy atom. The predicted molar refractivity (Wildman–Crippen MR) is 69.1 cm³/mol. The molecule has 112 valence electrons. The fraction of sp³-hybridized carbons (Fsp3) is 0.750. The third-order valence-electron chi connectivity index (χ3n) is 3.21. The molecule has 0 aromatic carbocycles. The number of aliphatic hydroxyl groups excluding tert-OH is 1. The Kier molecular flexibility index (Phi) is 5.45. The van der Waals surface area contributed by atoms with Crippen molar-refractivity contribution in [3.63, 3.8) is 0 Å². The van der Waals surface area contributed by atoms with Crippen LogP contribution in [0.1, 0.15) is 35.4 Å². The molecule has 20 heavy (non-hydrogen) atoms. The number of carbonyl (C=O) groups is 1. The van der Waals surface area contributed by atoms with Gasteiger partial charge in [-0.1, -0.05) is 5.16 Å². The van der Waals surface area contributed by atoms with Gasteiger partial charge in [0.25, 0.3) is 11.7 Å². The van der Waals surface area contributed by atoms with E-state index >= 15 is 0 Å². The quantitative estimate of drug-likeness (QED) is 0.701. The lowest BCUT2D eigenvalue weighted by atomic mass is 10.2. The predicted octanol–water partition coefficient (Wildman–Crippen LogP) is -0.425. The smallest absolute Gasteiger partial charge is 0.295 e. The minimum absolute atomic E-state index is 0.0262. The first kappa shape index (κ1) is 14.9. The van der Waals surface area contributed by atoms with Gasteiger partial charge >= 0.3 is 0 Å². The summed E-state index contributed by atoms with van der Waals surface area (Å²) in [5, 5.41) is 16.0. The van der Waals surface area contributed by atoms with Gasteiger partial charge in [-0.05, 0) is 19.4 Å². The molecule has 1 saturated heterocycles. The molecule has 1 aromatic rings. The molecular weight excluding hydrogens is 264 g/mol. The summed E-state index contributed by atoms with van der Waals surface area (Å²) in [5.74, 6) is 0.115. The van der Waals surface area contributed by atoms with Crippen molar-refractivity contribution in [2.75, 3.05) is 40.0 Å². The molecule has 1 amide bonds. The fourth-order valence-electron chi connectivity index (χ4n) is 2.14. The van der Waals surface area contributed by atoms with Crippen molar-refractivity contribution in [3.05, 3.63) is 11.7 Å². The summed E-state index contributed by atoms with van der Waals surface area (Å²) in [4.78, 5) is 17.8. The molecule has 0 aliphatic carbocycles. The minimum atomic E-state index is -0.357. The Labute approximate surface area is 117 Å². The second kappa shape index (κ2) is 7.32. The van der Waals surface area contributed by atoms with E-state index in [-0.39, 0.29) is 30.9 Å². The highest BCUT2D eigenvalue weighted by Crippen LogP contribution is 2.21. The molecule has 0 saturated carbocycles. The van der Waals surface area contributed by atoms with Crippen molar-refractivity contribution < 1.29 is 19.2 Å². The van der Waals surface area contributed by atoms with E-state index in [9.17, 15) is 4.79 Å². The molecule has 1 aliphatic rings.